The Hall–Kier alpha value is -1.85. The minimum absolute atomic E-state index is 0. The first-order valence-electron chi connectivity index (χ1n) is 6.72. The largest absolute Gasteiger partial charge is 0.322 e. The lowest BCUT2D eigenvalue weighted by Crippen LogP contribution is -2.17. The molecule has 0 aliphatic carbocycles. The highest BCUT2D eigenvalue weighted by Gasteiger charge is 2.13. The van der Waals surface area contributed by atoms with E-state index < -0.39 is 0 Å². The molecule has 2 aromatic rings. The number of nitrogens with zero attached hydrogens (tertiary/aromatic N) is 2. The number of hydrogen-bond donors (Lipinski definition) is 2. The number of carbonyl (C=O) groups is 1. The molecule has 6 heteroatoms. The van der Waals surface area contributed by atoms with Gasteiger partial charge < -0.3 is 10.6 Å². The number of benzene rings is 1. The van der Waals surface area contributed by atoms with Crippen molar-refractivity contribution >= 4 is 24.0 Å². The third-order valence-electron chi connectivity index (χ3n) is 3.09. The number of hydrogen-bond acceptors (Lipinski definition) is 3. The topological polar surface area (TPSA) is 58.9 Å². The van der Waals surface area contributed by atoms with Crippen LogP contribution in [-0.2, 0) is 13.6 Å². The van der Waals surface area contributed by atoms with Gasteiger partial charge in [0.1, 0.15) is 0 Å². The molecule has 0 fully saturated rings. The summed E-state index contributed by atoms with van der Waals surface area (Å²) in [6, 6.07) is 7.81. The van der Waals surface area contributed by atoms with Gasteiger partial charge in [-0.2, -0.15) is 5.10 Å². The third kappa shape index (κ3) is 4.31. The Morgan fingerprint density at radius 3 is 2.67 bits per heavy atom. The highest BCUT2D eigenvalue weighted by Crippen LogP contribution is 2.16. The zero-order valence-electron chi connectivity index (χ0n) is 12.5. The second kappa shape index (κ2) is 7.81. The molecular weight excluding hydrogens is 288 g/mol. The van der Waals surface area contributed by atoms with E-state index in [0.717, 1.165) is 30.0 Å². The Morgan fingerprint density at radius 2 is 2.05 bits per heavy atom. The van der Waals surface area contributed by atoms with E-state index in [1.807, 2.05) is 38.2 Å². The van der Waals surface area contributed by atoms with Gasteiger partial charge in [-0.15, -0.1) is 12.4 Å². The fourth-order valence-corrected chi connectivity index (χ4v) is 2.07. The number of aromatic nitrogens is 2. The van der Waals surface area contributed by atoms with Crippen LogP contribution in [-0.4, -0.2) is 22.2 Å². The van der Waals surface area contributed by atoms with Gasteiger partial charge in [-0.1, -0.05) is 25.1 Å². The summed E-state index contributed by atoms with van der Waals surface area (Å²) < 4.78 is 1.65. The summed E-state index contributed by atoms with van der Waals surface area (Å²) in [5.41, 5.74) is 3.24. The lowest BCUT2D eigenvalue weighted by Gasteiger charge is -2.11. The molecule has 21 heavy (non-hydrogen) atoms. The minimum atomic E-state index is -0.125. The molecule has 1 amide bonds. The van der Waals surface area contributed by atoms with E-state index in [0.29, 0.717) is 5.56 Å². The highest BCUT2D eigenvalue weighted by molar-refractivity contribution is 6.05. The Balaban J connectivity index is 0.00000220. The van der Waals surface area contributed by atoms with Gasteiger partial charge in [0, 0.05) is 25.5 Å². The second-order valence-corrected chi connectivity index (χ2v) is 4.69. The van der Waals surface area contributed by atoms with E-state index in [1.165, 1.54) is 0 Å². The minimum Gasteiger partial charge on any atom is -0.322 e. The van der Waals surface area contributed by atoms with Crippen molar-refractivity contribution in [2.75, 3.05) is 11.9 Å². The number of halogens is 1. The van der Waals surface area contributed by atoms with Crippen LogP contribution in [0.1, 0.15) is 28.5 Å². The number of carbonyl (C=O) groups excluding carboxylic acids is 1. The predicted octanol–water partition coefficient (Wildman–Crippen LogP) is 2.51. The van der Waals surface area contributed by atoms with Crippen molar-refractivity contribution in [2.24, 2.45) is 7.05 Å². The number of para-hydroxylation sites is 1. The lowest BCUT2D eigenvalue weighted by molar-refractivity contribution is 0.102. The molecule has 0 unspecified atom stereocenters. The van der Waals surface area contributed by atoms with Crippen molar-refractivity contribution < 1.29 is 4.79 Å². The fraction of sp³-hybridized carbons (Fsp3) is 0.333. The SMILES string of the molecule is CCNCc1ccccc1NC(=O)c1cn(C)nc1C.Cl. The maximum Gasteiger partial charge on any atom is 0.259 e. The first-order valence-corrected chi connectivity index (χ1v) is 6.72. The number of nitrogens with one attached hydrogen (secondary N) is 2. The van der Waals surface area contributed by atoms with Crippen molar-refractivity contribution in [3.63, 3.8) is 0 Å². The molecule has 2 N–H and O–H groups in total. The molecule has 1 aromatic heterocycles. The maximum absolute atomic E-state index is 12.3. The van der Waals surface area contributed by atoms with Gasteiger partial charge in [-0.25, -0.2) is 0 Å². The van der Waals surface area contributed by atoms with Gasteiger partial charge >= 0.3 is 0 Å². The molecule has 0 spiro atoms. The molecule has 0 atom stereocenters. The highest BCUT2D eigenvalue weighted by atomic mass is 35.5. The van der Waals surface area contributed by atoms with Crippen LogP contribution in [0.4, 0.5) is 5.69 Å². The van der Waals surface area contributed by atoms with Gasteiger partial charge in [-0.3, -0.25) is 9.48 Å². The van der Waals surface area contributed by atoms with Gasteiger partial charge in [0.15, 0.2) is 0 Å². The van der Waals surface area contributed by atoms with Gasteiger partial charge in [0.25, 0.3) is 5.91 Å². The number of rotatable bonds is 5. The molecule has 0 aliphatic heterocycles. The Morgan fingerprint density at radius 1 is 1.33 bits per heavy atom. The fourth-order valence-electron chi connectivity index (χ4n) is 2.07. The maximum atomic E-state index is 12.3. The first-order chi connectivity index (χ1) is 9.61. The number of amides is 1. The summed E-state index contributed by atoms with van der Waals surface area (Å²) in [5.74, 6) is -0.125. The van der Waals surface area contributed by atoms with Crippen molar-refractivity contribution in [3.8, 4) is 0 Å². The molecule has 1 heterocycles. The zero-order chi connectivity index (χ0) is 14.5. The van der Waals surface area contributed by atoms with Crippen LogP contribution >= 0.6 is 12.4 Å². The first kappa shape index (κ1) is 17.2. The van der Waals surface area contributed by atoms with Crippen LogP contribution in [0, 0.1) is 6.92 Å². The third-order valence-corrected chi connectivity index (χ3v) is 3.09. The average Bonchev–Trinajstić information content (AvgIpc) is 2.77. The molecule has 0 bridgehead atoms. The molecule has 0 saturated heterocycles. The molecule has 114 valence electrons. The quantitative estimate of drug-likeness (QED) is 0.892. The van der Waals surface area contributed by atoms with Crippen molar-refractivity contribution in [1.82, 2.24) is 15.1 Å². The zero-order valence-corrected chi connectivity index (χ0v) is 13.3. The van der Waals surface area contributed by atoms with Crippen LogP contribution in [0.3, 0.4) is 0 Å². The van der Waals surface area contributed by atoms with Crippen molar-refractivity contribution in [3.05, 3.63) is 47.3 Å². The Bertz CT molecular complexity index is 609. The number of anilines is 1. The monoisotopic (exact) mass is 308 g/mol. The van der Waals surface area contributed by atoms with Crippen LogP contribution in [0.5, 0.6) is 0 Å². The van der Waals surface area contributed by atoms with E-state index in [9.17, 15) is 4.79 Å². The summed E-state index contributed by atoms with van der Waals surface area (Å²) >= 11 is 0. The average molecular weight is 309 g/mol. The molecule has 0 saturated carbocycles. The van der Waals surface area contributed by atoms with Crippen LogP contribution in [0.15, 0.2) is 30.5 Å². The van der Waals surface area contributed by atoms with Gasteiger partial charge in [-0.05, 0) is 25.1 Å². The summed E-state index contributed by atoms with van der Waals surface area (Å²) in [5, 5.41) is 10.4. The number of aryl methyl sites for hydroxylation is 2. The Kier molecular flexibility index (Phi) is 6.39. The molecule has 5 nitrogen and oxygen atoms in total. The molecule has 2 rings (SSSR count). The normalized spacial score (nSPS) is 10.0. The molecule has 1 aromatic carbocycles. The van der Waals surface area contributed by atoms with Gasteiger partial charge in [0.2, 0.25) is 0 Å². The van der Waals surface area contributed by atoms with Crippen LogP contribution in [0.25, 0.3) is 0 Å². The smallest absolute Gasteiger partial charge is 0.259 e. The van der Waals surface area contributed by atoms with Crippen LogP contribution < -0.4 is 10.6 Å². The van der Waals surface area contributed by atoms with E-state index in [1.54, 1.807) is 10.9 Å². The summed E-state index contributed by atoms with van der Waals surface area (Å²) in [6.07, 6.45) is 1.73. The van der Waals surface area contributed by atoms with E-state index >= 15 is 0 Å². The standard InChI is InChI=1S/C15H20N4O.ClH/c1-4-16-9-12-7-5-6-8-14(12)17-15(20)13-10-19(3)18-11(13)2;/h5-8,10,16H,4,9H2,1-3H3,(H,17,20);1H. The van der Waals surface area contributed by atoms with Crippen LogP contribution in [0.2, 0.25) is 0 Å². The summed E-state index contributed by atoms with van der Waals surface area (Å²) in [7, 11) is 1.81. The molecule has 0 radical (unpaired) electrons. The lowest BCUT2D eigenvalue weighted by atomic mass is 10.1. The summed E-state index contributed by atoms with van der Waals surface area (Å²) in [4.78, 5) is 12.3. The predicted molar refractivity (Wildman–Crippen MR) is 87.0 cm³/mol. The van der Waals surface area contributed by atoms with Crippen molar-refractivity contribution in [1.29, 1.82) is 0 Å². The summed E-state index contributed by atoms with van der Waals surface area (Å²) in [6.45, 7) is 5.52. The van der Waals surface area contributed by atoms with Gasteiger partial charge in [0.05, 0.1) is 11.3 Å². The second-order valence-electron chi connectivity index (χ2n) is 4.69. The molecule has 0 aliphatic rings. The Labute approximate surface area is 131 Å². The molecular formula is C15H21ClN4O. The van der Waals surface area contributed by atoms with E-state index in [4.69, 9.17) is 0 Å². The van der Waals surface area contributed by atoms with Crippen molar-refractivity contribution in [2.45, 2.75) is 20.4 Å². The van der Waals surface area contributed by atoms with E-state index in [-0.39, 0.29) is 18.3 Å². The van der Waals surface area contributed by atoms with E-state index in [2.05, 4.69) is 22.7 Å².